The van der Waals surface area contributed by atoms with E-state index in [9.17, 15) is 9.90 Å². The van der Waals surface area contributed by atoms with Crippen molar-refractivity contribution in [2.45, 2.75) is 45.6 Å². The molecule has 0 bridgehead atoms. The topological polar surface area (TPSA) is 58.6 Å². The lowest BCUT2D eigenvalue weighted by Crippen LogP contribution is -2.46. The highest BCUT2D eigenvalue weighted by Gasteiger charge is 2.33. The van der Waals surface area contributed by atoms with Crippen LogP contribution in [0.1, 0.15) is 49.9 Å². The third kappa shape index (κ3) is 3.06. The maximum Gasteiger partial charge on any atom is 0.251 e. The van der Waals surface area contributed by atoms with Gasteiger partial charge < -0.3 is 15.2 Å². The lowest BCUT2D eigenvalue weighted by atomic mass is 9.73. The highest BCUT2D eigenvalue weighted by atomic mass is 16.5. The summed E-state index contributed by atoms with van der Waals surface area (Å²) in [7, 11) is 1.49. The first kappa shape index (κ1) is 14.7. The molecule has 1 aliphatic rings. The molecule has 4 nitrogen and oxygen atoms in total. The molecular weight excluding hydrogens is 254 g/mol. The zero-order valence-electron chi connectivity index (χ0n) is 12.4. The molecule has 20 heavy (non-hydrogen) atoms. The van der Waals surface area contributed by atoms with Gasteiger partial charge in [-0.15, -0.1) is 0 Å². The third-order valence-electron chi connectivity index (χ3n) is 4.25. The van der Waals surface area contributed by atoms with Crippen molar-refractivity contribution in [3.8, 4) is 11.5 Å². The van der Waals surface area contributed by atoms with Gasteiger partial charge in [0.25, 0.3) is 5.91 Å². The fraction of sp³-hybridized carbons (Fsp3) is 0.562. The predicted molar refractivity (Wildman–Crippen MR) is 78.2 cm³/mol. The van der Waals surface area contributed by atoms with E-state index in [1.54, 1.807) is 12.1 Å². The average molecular weight is 277 g/mol. The fourth-order valence-electron chi connectivity index (χ4n) is 2.83. The Kier molecular flexibility index (Phi) is 4.21. The summed E-state index contributed by atoms with van der Waals surface area (Å²) in [6, 6.07) is 4.91. The number of benzene rings is 1. The molecule has 1 unspecified atom stereocenters. The summed E-state index contributed by atoms with van der Waals surface area (Å²) in [5.74, 6) is 0.227. The van der Waals surface area contributed by atoms with Crippen LogP contribution < -0.4 is 10.1 Å². The first-order chi connectivity index (χ1) is 9.44. The van der Waals surface area contributed by atoms with Crippen LogP contribution in [0.15, 0.2) is 18.2 Å². The second-order valence-electron chi connectivity index (χ2n) is 6.15. The molecule has 1 saturated carbocycles. The number of hydrogen-bond donors (Lipinski definition) is 2. The number of amides is 1. The third-order valence-corrected chi connectivity index (χ3v) is 4.25. The van der Waals surface area contributed by atoms with Crippen LogP contribution in [0.2, 0.25) is 0 Å². The standard InChI is InChI=1S/C16H23NO3/c1-16(2)9-5-4-6-14(16)17-15(19)11-7-8-13(20-3)12(18)10-11/h7-8,10,14,18H,4-6,9H2,1-3H3,(H,17,19). The van der Waals surface area contributed by atoms with E-state index in [-0.39, 0.29) is 23.1 Å². The highest BCUT2D eigenvalue weighted by molar-refractivity contribution is 5.95. The number of nitrogens with one attached hydrogen (secondary N) is 1. The van der Waals surface area contributed by atoms with Gasteiger partial charge in [0.1, 0.15) is 0 Å². The summed E-state index contributed by atoms with van der Waals surface area (Å²) in [5.41, 5.74) is 0.590. The van der Waals surface area contributed by atoms with Gasteiger partial charge in [0.15, 0.2) is 11.5 Å². The SMILES string of the molecule is COc1ccc(C(=O)NC2CCCCC2(C)C)cc1O. The van der Waals surface area contributed by atoms with E-state index >= 15 is 0 Å². The number of ether oxygens (including phenoxy) is 1. The Balaban J connectivity index is 2.10. The molecule has 1 atom stereocenters. The molecule has 110 valence electrons. The molecule has 0 saturated heterocycles. The van der Waals surface area contributed by atoms with E-state index in [0.717, 1.165) is 19.3 Å². The predicted octanol–water partition coefficient (Wildman–Crippen LogP) is 3.10. The van der Waals surface area contributed by atoms with E-state index in [2.05, 4.69) is 19.2 Å². The first-order valence-electron chi connectivity index (χ1n) is 7.12. The Labute approximate surface area is 120 Å². The molecule has 1 aromatic carbocycles. The Hall–Kier alpha value is -1.71. The average Bonchev–Trinajstić information content (AvgIpc) is 2.41. The molecule has 0 radical (unpaired) electrons. The van der Waals surface area contributed by atoms with Crippen LogP contribution in [-0.4, -0.2) is 24.2 Å². The van der Waals surface area contributed by atoms with E-state index in [4.69, 9.17) is 4.74 Å². The van der Waals surface area contributed by atoms with Crippen molar-refractivity contribution < 1.29 is 14.6 Å². The number of phenols is 1. The number of rotatable bonds is 3. The van der Waals surface area contributed by atoms with Gasteiger partial charge in [-0.05, 0) is 36.5 Å². The van der Waals surface area contributed by atoms with E-state index in [1.807, 2.05) is 0 Å². The Morgan fingerprint density at radius 2 is 2.15 bits per heavy atom. The minimum Gasteiger partial charge on any atom is -0.504 e. The first-order valence-corrected chi connectivity index (χ1v) is 7.12. The summed E-state index contributed by atoms with van der Waals surface area (Å²) in [6.45, 7) is 4.39. The van der Waals surface area contributed by atoms with Crippen LogP contribution in [0, 0.1) is 5.41 Å². The van der Waals surface area contributed by atoms with Gasteiger partial charge in [0.05, 0.1) is 7.11 Å². The molecule has 0 aromatic heterocycles. The van der Waals surface area contributed by atoms with Crippen LogP contribution in [0.4, 0.5) is 0 Å². The molecule has 0 aliphatic heterocycles. The van der Waals surface area contributed by atoms with Crippen LogP contribution in [0.3, 0.4) is 0 Å². The van der Waals surface area contributed by atoms with Crippen LogP contribution in [-0.2, 0) is 0 Å². The highest BCUT2D eigenvalue weighted by Crippen LogP contribution is 2.35. The van der Waals surface area contributed by atoms with Gasteiger partial charge in [-0.1, -0.05) is 26.7 Å². The number of aromatic hydroxyl groups is 1. The van der Waals surface area contributed by atoms with Crippen molar-refractivity contribution in [2.75, 3.05) is 7.11 Å². The Morgan fingerprint density at radius 3 is 2.75 bits per heavy atom. The monoisotopic (exact) mass is 277 g/mol. The maximum absolute atomic E-state index is 12.3. The minimum atomic E-state index is -0.136. The van der Waals surface area contributed by atoms with Crippen molar-refractivity contribution in [2.24, 2.45) is 5.41 Å². The largest absolute Gasteiger partial charge is 0.504 e. The minimum absolute atomic E-state index is 0.0111. The van der Waals surface area contributed by atoms with Gasteiger partial charge in [-0.3, -0.25) is 4.79 Å². The molecule has 2 N–H and O–H groups in total. The van der Waals surface area contributed by atoms with Gasteiger partial charge in [-0.2, -0.15) is 0 Å². The summed E-state index contributed by atoms with van der Waals surface area (Å²) in [5, 5.41) is 12.8. The second kappa shape index (κ2) is 5.73. The molecule has 1 aliphatic carbocycles. The zero-order valence-corrected chi connectivity index (χ0v) is 12.4. The summed E-state index contributed by atoms with van der Waals surface area (Å²) in [4.78, 5) is 12.3. The van der Waals surface area contributed by atoms with Gasteiger partial charge in [-0.25, -0.2) is 0 Å². The lowest BCUT2D eigenvalue weighted by molar-refractivity contribution is 0.0853. The Morgan fingerprint density at radius 1 is 1.40 bits per heavy atom. The zero-order chi connectivity index (χ0) is 14.8. The van der Waals surface area contributed by atoms with Crippen molar-refractivity contribution in [1.29, 1.82) is 0 Å². The summed E-state index contributed by atoms with van der Waals surface area (Å²) < 4.78 is 4.98. The maximum atomic E-state index is 12.3. The Bertz CT molecular complexity index is 496. The number of carbonyl (C=O) groups is 1. The fourth-order valence-corrected chi connectivity index (χ4v) is 2.83. The summed E-state index contributed by atoms with van der Waals surface area (Å²) in [6.07, 6.45) is 4.53. The van der Waals surface area contributed by atoms with Crippen molar-refractivity contribution in [1.82, 2.24) is 5.32 Å². The van der Waals surface area contributed by atoms with E-state index in [0.29, 0.717) is 11.3 Å². The normalized spacial score (nSPS) is 21.2. The van der Waals surface area contributed by atoms with E-state index < -0.39 is 0 Å². The molecule has 1 amide bonds. The smallest absolute Gasteiger partial charge is 0.251 e. The molecule has 0 heterocycles. The van der Waals surface area contributed by atoms with Gasteiger partial charge >= 0.3 is 0 Å². The van der Waals surface area contributed by atoms with Gasteiger partial charge in [0.2, 0.25) is 0 Å². The van der Waals surface area contributed by atoms with Crippen molar-refractivity contribution >= 4 is 5.91 Å². The van der Waals surface area contributed by atoms with Crippen LogP contribution in [0.25, 0.3) is 0 Å². The molecule has 2 rings (SSSR count). The second-order valence-corrected chi connectivity index (χ2v) is 6.15. The summed E-state index contributed by atoms with van der Waals surface area (Å²) >= 11 is 0. The lowest BCUT2D eigenvalue weighted by Gasteiger charge is -2.39. The molecule has 1 aromatic rings. The van der Waals surface area contributed by atoms with Crippen LogP contribution in [0.5, 0.6) is 11.5 Å². The number of phenolic OH excluding ortho intramolecular Hbond substituents is 1. The van der Waals surface area contributed by atoms with Crippen molar-refractivity contribution in [3.05, 3.63) is 23.8 Å². The van der Waals surface area contributed by atoms with Gasteiger partial charge in [0, 0.05) is 11.6 Å². The quantitative estimate of drug-likeness (QED) is 0.892. The molecular formula is C16H23NO3. The number of methoxy groups -OCH3 is 1. The number of carbonyl (C=O) groups excluding carboxylic acids is 1. The molecule has 4 heteroatoms. The van der Waals surface area contributed by atoms with E-state index in [1.165, 1.54) is 19.6 Å². The number of hydrogen-bond acceptors (Lipinski definition) is 3. The van der Waals surface area contributed by atoms with Crippen molar-refractivity contribution in [3.63, 3.8) is 0 Å². The van der Waals surface area contributed by atoms with Crippen LogP contribution >= 0.6 is 0 Å². The molecule has 0 spiro atoms. The molecule has 1 fully saturated rings.